The predicted octanol–water partition coefficient (Wildman–Crippen LogP) is 2.20. The number of esters is 1. The van der Waals surface area contributed by atoms with Crippen LogP contribution in [0, 0.1) is 0 Å². The number of hydrogen-bond acceptors (Lipinski definition) is 3. The van der Waals surface area contributed by atoms with Gasteiger partial charge in [-0.25, -0.2) is 0 Å². The van der Waals surface area contributed by atoms with Crippen molar-refractivity contribution in [3.63, 3.8) is 0 Å². The van der Waals surface area contributed by atoms with Crippen LogP contribution < -0.4 is 0 Å². The average Bonchev–Trinajstić information content (AvgIpc) is 2.61. The largest absolute Gasteiger partial charge is 0.469 e. The molecule has 88 valence electrons. The Balaban J connectivity index is 2.44. The first-order chi connectivity index (χ1) is 6.95. The Morgan fingerprint density at radius 3 is 2.67 bits per heavy atom. The molecule has 1 rings (SSSR count). The van der Waals surface area contributed by atoms with E-state index in [-0.39, 0.29) is 11.5 Å². The number of carbonyl (C=O) groups excluding carboxylic acids is 1. The first-order valence-electron chi connectivity index (χ1n) is 5.78. The molecule has 0 aliphatic carbocycles. The Morgan fingerprint density at radius 2 is 2.13 bits per heavy atom. The highest BCUT2D eigenvalue weighted by Gasteiger charge is 2.32. The number of hydrogen-bond donors (Lipinski definition) is 0. The van der Waals surface area contributed by atoms with Gasteiger partial charge in [0.15, 0.2) is 0 Å². The van der Waals surface area contributed by atoms with E-state index in [0.717, 1.165) is 13.0 Å². The van der Waals surface area contributed by atoms with Crippen molar-refractivity contribution >= 4 is 5.97 Å². The van der Waals surface area contributed by atoms with Gasteiger partial charge in [-0.05, 0) is 46.6 Å². The maximum absolute atomic E-state index is 11.1. The van der Waals surface area contributed by atoms with E-state index in [0.29, 0.717) is 12.5 Å². The molecule has 1 aliphatic rings. The van der Waals surface area contributed by atoms with Gasteiger partial charge < -0.3 is 4.74 Å². The normalized spacial score (nSPS) is 23.1. The maximum atomic E-state index is 11.1. The third kappa shape index (κ3) is 3.49. The van der Waals surface area contributed by atoms with Crippen LogP contribution in [0.4, 0.5) is 0 Å². The summed E-state index contributed by atoms with van der Waals surface area (Å²) in [5.41, 5.74) is 0.220. The zero-order valence-corrected chi connectivity index (χ0v) is 10.4. The second kappa shape index (κ2) is 4.97. The molecule has 1 aliphatic heterocycles. The highest BCUT2D eigenvalue weighted by Crippen LogP contribution is 2.28. The van der Waals surface area contributed by atoms with Crippen molar-refractivity contribution in [1.29, 1.82) is 0 Å². The van der Waals surface area contributed by atoms with Crippen molar-refractivity contribution in [2.45, 2.75) is 58.0 Å². The van der Waals surface area contributed by atoms with Gasteiger partial charge in [-0.2, -0.15) is 0 Å². The molecule has 1 atom stereocenters. The fraction of sp³-hybridized carbons (Fsp3) is 0.917. The van der Waals surface area contributed by atoms with Crippen LogP contribution in [0.15, 0.2) is 0 Å². The Labute approximate surface area is 92.8 Å². The van der Waals surface area contributed by atoms with Crippen molar-refractivity contribution in [1.82, 2.24) is 4.90 Å². The molecule has 3 nitrogen and oxygen atoms in total. The Morgan fingerprint density at radius 1 is 1.47 bits per heavy atom. The van der Waals surface area contributed by atoms with Gasteiger partial charge in [-0.3, -0.25) is 9.69 Å². The van der Waals surface area contributed by atoms with Crippen LogP contribution in [0.25, 0.3) is 0 Å². The van der Waals surface area contributed by atoms with Gasteiger partial charge in [0, 0.05) is 18.0 Å². The Bertz CT molecular complexity index is 220. The van der Waals surface area contributed by atoms with Gasteiger partial charge in [-0.15, -0.1) is 0 Å². The summed E-state index contributed by atoms with van der Waals surface area (Å²) in [7, 11) is 1.46. The molecule has 15 heavy (non-hydrogen) atoms. The van der Waals surface area contributed by atoms with Crippen molar-refractivity contribution < 1.29 is 9.53 Å². The summed E-state index contributed by atoms with van der Waals surface area (Å²) in [6.07, 6.45) is 3.95. The van der Waals surface area contributed by atoms with Gasteiger partial charge >= 0.3 is 5.97 Å². The van der Waals surface area contributed by atoms with Crippen molar-refractivity contribution in [2.24, 2.45) is 0 Å². The number of rotatable bonds is 3. The summed E-state index contributed by atoms with van der Waals surface area (Å²) >= 11 is 0. The van der Waals surface area contributed by atoms with Crippen LogP contribution in [-0.2, 0) is 9.53 Å². The van der Waals surface area contributed by atoms with Gasteiger partial charge in [0.2, 0.25) is 0 Å². The number of likely N-dealkylation sites (tertiary alicyclic amines) is 1. The maximum Gasteiger partial charge on any atom is 0.305 e. The fourth-order valence-electron chi connectivity index (χ4n) is 2.41. The van der Waals surface area contributed by atoms with E-state index in [1.54, 1.807) is 0 Å². The lowest BCUT2D eigenvalue weighted by Gasteiger charge is -2.37. The van der Waals surface area contributed by atoms with E-state index in [4.69, 9.17) is 0 Å². The lowest BCUT2D eigenvalue weighted by atomic mass is 10.0. The summed E-state index contributed by atoms with van der Waals surface area (Å²) in [5.74, 6) is -0.0873. The zero-order chi connectivity index (χ0) is 11.5. The van der Waals surface area contributed by atoms with E-state index < -0.39 is 0 Å². The topological polar surface area (TPSA) is 29.5 Å². The predicted molar refractivity (Wildman–Crippen MR) is 60.7 cm³/mol. The molecule has 3 heteroatoms. The third-order valence-corrected chi connectivity index (χ3v) is 3.15. The van der Waals surface area contributed by atoms with Gasteiger partial charge in [0.1, 0.15) is 0 Å². The standard InChI is InChI=1S/C12H23NO2/c1-12(2,3)13-9-5-6-10(13)7-8-11(14)15-4/h10H,5-9H2,1-4H3/t10-/m0/s1. The molecule has 0 unspecified atom stereocenters. The number of ether oxygens (including phenoxy) is 1. The van der Waals surface area contributed by atoms with Crippen LogP contribution >= 0.6 is 0 Å². The second-order valence-corrected chi connectivity index (χ2v) is 5.28. The van der Waals surface area contributed by atoms with Crippen molar-refractivity contribution in [3.05, 3.63) is 0 Å². The highest BCUT2D eigenvalue weighted by molar-refractivity contribution is 5.69. The summed E-state index contributed by atoms with van der Waals surface area (Å²) in [6, 6.07) is 0.559. The van der Waals surface area contributed by atoms with E-state index in [9.17, 15) is 4.79 Å². The zero-order valence-electron chi connectivity index (χ0n) is 10.4. The fourth-order valence-corrected chi connectivity index (χ4v) is 2.41. The second-order valence-electron chi connectivity index (χ2n) is 5.28. The van der Waals surface area contributed by atoms with Crippen LogP contribution in [-0.4, -0.2) is 36.1 Å². The summed E-state index contributed by atoms with van der Waals surface area (Å²) < 4.78 is 4.67. The van der Waals surface area contributed by atoms with Gasteiger partial charge in [0.05, 0.1) is 7.11 Å². The van der Waals surface area contributed by atoms with E-state index in [1.807, 2.05) is 0 Å². The van der Waals surface area contributed by atoms with Crippen molar-refractivity contribution in [2.75, 3.05) is 13.7 Å². The molecule has 1 heterocycles. The molecule has 0 bridgehead atoms. The van der Waals surface area contributed by atoms with Crippen LogP contribution in [0.3, 0.4) is 0 Å². The molecule has 0 aromatic carbocycles. The first kappa shape index (κ1) is 12.5. The lowest BCUT2D eigenvalue weighted by molar-refractivity contribution is -0.141. The number of methoxy groups -OCH3 is 1. The van der Waals surface area contributed by atoms with E-state index in [1.165, 1.54) is 20.0 Å². The summed E-state index contributed by atoms with van der Waals surface area (Å²) in [6.45, 7) is 7.88. The Hall–Kier alpha value is -0.570. The SMILES string of the molecule is COC(=O)CC[C@@H]1CCCN1C(C)(C)C. The smallest absolute Gasteiger partial charge is 0.305 e. The first-order valence-corrected chi connectivity index (χ1v) is 5.78. The van der Waals surface area contributed by atoms with Crippen LogP contribution in [0.1, 0.15) is 46.5 Å². The molecular formula is C12H23NO2. The van der Waals surface area contributed by atoms with Gasteiger partial charge in [0.25, 0.3) is 0 Å². The number of carbonyl (C=O) groups is 1. The molecule has 1 fully saturated rings. The minimum Gasteiger partial charge on any atom is -0.469 e. The molecule has 0 saturated carbocycles. The summed E-state index contributed by atoms with van der Waals surface area (Å²) in [4.78, 5) is 13.6. The summed E-state index contributed by atoms with van der Waals surface area (Å²) in [5, 5.41) is 0. The van der Waals surface area contributed by atoms with Gasteiger partial charge in [-0.1, -0.05) is 0 Å². The highest BCUT2D eigenvalue weighted by atomic mass is 16.5. The van der Waals surface area contributed by atoms with Crippen LogP contribution in [0.2, 0.25) is 0 Å². The molecule has 0 amide bonds. The van der Waals surface area contributed by atoms with E-state index in [2.05, 4.69) is 30.4 Å². The molecule has 0 radical (unpaired) electrons. The van der Waals surface area contributed by atoms with Crippen molar-refractivity contribution in [3.8, 4) is 0 Å². The third-order valence-electron chi connectivity index (χ3n) is 3.15. The molecule has 0 aromatic rings. The molecule has 0 aromatic heterocycles. The monoisotopic (exact) mass is 213 g/mol. The average molecular weight is 213 g/mol. The molecule has 0 N–H and O–H groups in total. The van der Waals surface area contributed by atoms with Crippen LogP contribution in [0.5, 0.6) is 0 Å². The minimum absolute atomic E-state index is 0.0873. The molecule has 1 saturated heterocycles. The Kier molecular flexibility index (Phi) is 4.14. The lowest BCUT2D eigenvalue weighted by Crippen LogP contribution is -2.44. The molecular weight excluding hydrogens is 190 g/mol. The quantitative estimate of drug-likeness (QED) is 0.673. The van der Waals surface area contributed by atoms with E-state index >= 15 is 0 Å². The number of nitrogens with zero attached hydrogens (tertiary/aromatic N) is 1. The minimum atomic E-state index is -0.0873. The molecule has 0 spiro atoms.